The zero-order valence-electron chi connectivity index (χ0n) is 25.8. The highest BCUT2D eigenvalue weighted by Crippen LogP contribution is 2.36. The van der Waals surface area contributed by atoms with Crippen molar-refractivity contribution in [3.8, 4) is 17.2 Å². The van der Waals surface area contributed by atoms with Gasteiger partial charge >= 0.3 is 5.97 Å². The van der Waals surface area contributed by atoms with E-state index in [-0.39, 0.29) is 36.3 Å². The molecule has 1 aliphatic rings. The molecule has 0 saturated heterocycles. The fourth-order valence-corrected chi connectivity index (χ4v) is 6.14. The second-order valence-corrected chi connectivity index (χ2v) is 11.6. The van der Waals surface area contributed by atoms with Crippen LogP contribution < -0.4 is 29.1 Å². The molecule has 0 saturated carbocycles. The molecule has 1 aromatic heterocycles. The highest BCUT2D eigenvalue weighted by molar-refractivity contribution is 7.07. The van der Waals surface area contributed by atoms with E-state index in [1.807, 2.05) is 51.1 Å². The lowest BCUT2D eigenvalue weighted by Crippen LogP contribution is -2.40. The molecule has 0 aliphatic carbocycles. The zero-order valence-corrected chi connectivity index (χ0v) is 26.7. The molecule has 8 nitrogen and oxygen atoms in total. The molecule has 1 atom stereocenters. The first kappa shape index (κ1) is 31.7. The van der Waals surface area contributed by atoms with Crippen LogP contribution in [-0.2, 0) is 16.1 Å². The standard InChI is InChI=1S/C35H35FN2O6S/c1-6-41-29-18-23(15-16-28(29)43-20-24-11-10-12-25(36)17-24)19-30-33(39)38-32(26-13-8-9-14-27(26)44-21(3)4)31(34(40)42-7-2)22(5)37-35(38)45-30/h8-19,21,32H,6-7,20H2,1-5H3/b30-19+/t32-/m1/s1. The van der Waals surface area contributed by atoms with Gasteiger partial charge in [-0.05, 0) is 82.2 Å². The van der Waals surface area contributed by atoms with Crippen LogP contribution in [0.2, 0.25) is 0 Å². The maximum absolute atomic E-state index is 14.1. The van der Waals surface area contributed by atoms with Crippen molar-refractivity contribution in [3.05, 3.63) is 120 Å². The number of aromatic nitrogens is 1. The fraction of sp³-hybridized carbons (Fsp3) is 0.286. The van der Waals surface area contributed by atoms with E-state index in [1.165, 1.54) is 28.0 Å². The molecule has 1 aliphatic heterocycles. The summed E-state index contributed by atoms with van der Waals surface area (Å²) in [6, 6.07) is 18.2. The molecule has 45 heavy (non-hydrogen) atoms. The number of nitrogens with zero attached hydrogens (tertiary/aromatic N) is 2. The number of ether oxygens (including phenoxy) is 4. The van der Waals surface area contributed by atoms with Crippen LogP contribution in [0.4, 0.5) is 4.39 Å². The summed E-state index contributed by atoms with van der Waals surface area (Å²) >= 11 is 1.23. The summed E-state index contributed by atoms with van der Waals surface area (Å²) in [5, 5.41) is 0. The van der Waals surface area contributed by atoms with Gasteiger partial charge in [-0.2, -0.15) is 0 Å². The maximum Gasteiger partial charge on any atom is 0.338 e. The summed E-state index contributed by atoms with van der Waals surface area (Å²) in [7, 11) is 0. The van der Waals surface area contributed by atoms with Gasteiger partial charge in [0.05, 0.1) is 35.1 Å². The molecule has 0 N–H and O–H groups in total. The Hall–Kier alpha value is -4.70. The van der Waals surface area contributed by atoms with Crippen molar-refractivity contribution in [1.82, 2.24) is 4.57 Å². The zero-order chi connectivity index (χ0) is 32.1. The lowest BCUT2D eigenvalue weighted by Gasteiger charge is -2.26. The average molecular weight is 631 g/mol. The molecule has 10 heteroatoms. The van der Waals surface area contributed by atoms with Crippen molar-refractivity contribution in [3.63, 3.8) is 0 Å². The van der Waals surface area contributed by atoms with Crippen molar-refractivity contribution in [2.45, 2.75) is 53.4 Å². The van der Waals surface area contributed by atoms with Gasteiger partial charge in [0.1, 0.15) is 24.2 Å². The number of carbonyl (C=O) groups is 1. The third kappa shape index (κ3) is 7.01. The SMILES string of the molecule is CCOC(=O)C1=C(C)N=c2s/c(=C/c3ccc(OCc4cccc(F)c4)c(OCC)c3)c(=O)n2[C@@H]1c1ccccc1OC(C)C. The van der Waals surface area contributed by atoms with Gasteiger partial charge in [-0.25, -0.2) is 14.2 Å². The summed E-state index contributed by atoms with van der Waals surface area (Å²) in [4.78, 5) is 32.5. The molecule has 0 bridgehead atoms. The topological polar surface area (TPSA) is 88.4 Å². The number of para-hydroxylation sites is 1. The molecule has 0 fully saturated rings. The Balaban J connectivity index is 1.58. The van der Waals surface area contributed by atoms with Crippen LogP contribution in [0.5, 0.6) is 17.2 Å². The molecule has 2 heterocycles. The van der Waals surface area contributed by atoms with Crippen LogP contribution >= 0.6 is 11.3 Å². The minimum atomic E-state index is -0.796. The number of hydrogen-bond donors (Lipinski definition) is 0. The third-order valence-corrected chi connectivity index (χ3v) is 7.92. The van der Waals surface area contributed by atoms with Gasteiger partial charge in [-0.1, -0.05) is 47.7 Å². The van der Waals surface area contributed by atoms with E-state index in [1.54, 1.807) is 44.2 Å². The van der Waals surface area contributed by atoms with E-state index >= 15 is 0 Å². The quantitative estimate of drug-likeness (QED) is 0.198. The van der Waals surface area contributed by atoms with Crippen LogP contribution in [0.15, 0.2) is 87.8 Å². The van der Waals surface area contributed by atoms with Crippen molar-refractivity contribution < 1.29 is 28.1 Å². The predicted molar refractivity (Wildman–Crippen MR) is 171 cm³/mol. The smallest absolute Gasteiger partial charge is 0.338 e. The summed E-state index contributed by atoms with van der Waals surface area (Å²) in [6.45, 7) is 9.94. The first-order valence-corrected chi connectivity index (χ1v) is 15.6. The predicted octanol–water partition coefficient (Wildman–Crippen LogP) is 5.70. The number of esters is 1. The molecule has 0 unspecified atom stereocenters. The molecule has 234 valence electrons. The first-order chi connectivity index (χ1) is 21.7. The van der Waals surface area contributed by atoms with Crippen molar-refractivity contribution in [1.29, 1.82) is 0 Å². The van der Waals surface area contributed by atoms with Crippen molar-refractivity contribution >= 4 is 23.4 Å². The van der Waals surface area contributed by atoms with Gasteiger partial charge < -0.3 is 18.9 Å². The van der Waals surface area contributed by atoms with Gasteiger partial charge in [-0.15, -0.1) is 0 Å². The highest BCUT2D eigenvalue weighted by atomic mass is 32.1. The Labute approximate surface area is 264 Å². The summed E-state index contributed by atoms with van der Waals surface area (Å²) in [5.74, 6) is 0.691. The van der Waals surface area contributed by atoms with Crippen LogP contribution in [-0.4, -0.2) is 29.9 Å². The molecule has 4 aromatic rings. The van der Waals surface area contributed by atoms with Crippen molar-refractivity contribution in [2.75, 3.05) is 13.2 Å². The van der Waals surface area contributed by atoms with E-state index in [0.717, 1.165) is 0 Å². The minimum Gasteiger partial charge on any atom is -0.491 e. The number of carbonyl (C=O) groups excluding carboxylic acids is 1. The van der Waals surface area contributed by atoms with Crippen molar-refractivity contribution in [2.24, 2.45) is 4.99 Å². The molecule has 0 radical (unpaired) electrons. The van der Waals surface area contributed by atoms with Gasteiger partial charge in [0, 0.05) is 5.56 Å². The second kappa shape index (κ2) is 13.9. The Morgan fingerprint density at radius 1 is 1.00 bits per heavy atom. The highest BCUT2D eigenvalue weighted by Gasteiger charge is 2.35. The number of halogens is 1. The average Bonchev–Trinajstić information content (AvgIpc) is 3.30. The number of rotatable bonds is 11. The Kier molecular flexibility index (Phi) is 9.83. The normalized spacial score (nSPS) is 14.6. The number of allylic oxidation sites excluding steroid dienone is 1. The summed E-state index contributed by atoms with van der Waals surface area (Å²) in [5.41, 5.74) is 2.52. The molecule has 0 amide bonds. The lowest BCUT2D eigenvalue weighted by molar-refractivity contribution is -0.139. The Morgan fingerprint density at radius 3 is 2.53 bits per heavy atom. The number of benzene rings is 3. The second-order valence-electron chi connectivity index (χ2n) is 10.6. The molecule has 3 aromatic carbocycles. The van der Waals surface area contributed by atoms with E-state index in [9.17, 15) is 14.0 Å². The number of fused-ring (bicyclic) bond motifs is 1. The molecular weight excluding hydrogens is 595 g/mol. The number of hydrogen-bond acceptors (Lipinski definition) is 8. The number of thiazole rings is 1. The first-order valence-electron chi connectivity index (χ1n) is 14.8. The van der Waals surface area contributed by atoms with Crippen LogP contribution in [0.3, 0.4) is 0 Å². The minimum absolute atomic E-state index is 0.126. The van der Waals surface area contributed by atoms with E-state index in [4.69, 9.17) is 18.9 Å². The molecular formula is C35H35FN2O6S. The monoisotopic (exact) mass is 630 g/mol. The van der Waals surface area contributed by atoms with Gasteiger partial charge in [0.2, 0.25) is 0 Å². The van der Waals surface area contributed by atoms with Gasteiger partial charge in [0.25, 0.3) is 5.56 Å². The lowest BCUT2D eigenvalue weighted by atomic mass is 9.95. The van der Waals surface area contributed by atoms with Gasteiger partial charge in [0.15, 0.2) is 16.3 Å². The van der Waals surface area contributed by atoms with Crippen LogP contribution in [0.25, 0.3) is 6.08 Å². The summed E-state index contributed by atoms with van der Waals surface area (Å²) in [6.07, 6.45) is 1.64. The summed E-state index contributed by atoms with van der Waals surface area (Å²) < 4.78 is 38.9. The molecule has 5 rings (SSSR count). The largest absolute Gasteiger partial charge is 0.491 e. The van der Waals surface area contributed by atoms with Crippen LogP contribution in [0.1, 0.15) is 57.4 Å². The van der Waals surface area contributed by atoms with E-state index < -0.39 is 12.0 Å². The van der Waals surface area contributed by atoms with Crippen LogP contribution in [0, 0.1) is 5.82 Å². The molecule has 0 spiro atoms. The third-order valence-electron chi connectivity index (χ3n) is 6.94. The maximum atomic E-state index is 14.1. The Morgan fingerprint density at radius 2 is 1.80 bits per heavy atom. The van der Waals surface area contributed by atoms with E-state index in [2.05, 4.69) is 4.99 Å². The fourth-order valence-electron chi connectivity index (χ4n) is 5.09. The Bertz CT molecular complexity index is 1930. The van der Waals surface area contributed by atoms with Gasteiger partial charge in [-0.3, -0.25) is 9.36 Å². The van der Waals surface area contributed by atoms with E-state index in [0.29, 0.717) is 55.6 Å².